The van der Waals surface area contributed by atoms with Crippen molar-refractivity contribution in [2.75, 3.05) is 21.1 Å². The molecule has 0 radical (unpaired) electrons. The largest absolute Gasteiger partial charge is 0.361 e. The summed E-state index contributed by atoms with van der Waals surface area (Å²) in [6.45, 7) is 3.55. The molecule has 0 aliphatic rings. The molecule has 100 valence electrons. The summed E-state index contributed by atoms with van der Waals surface area (Å²) in [7, 11) is 5.70. The summed E-state index contributed by atoms with van der Waals surface area (Å²) < 4.78 is 0. The second-order valence-electron chi connectivity index (χ2n) is 4.78. The van der Waals surface area contributed by atoms with Crippen LogP contribution in [0.15, 0.2) is 43.1 Å². The minimum Gasteiger partial charge on any atom is -0.361 e. The smallest absolute Gasteiger partial charge is 0.247 e. The maximum Gasteiger partial charge on any atom is 0.247 e. The highest BCUT2D eigenvalue weighted by atomic mass is 16.2. The number of aromatic amines is 1. The lowest BCUT2D eigenvalue weighted by atomic mass is 10.1. The number of fused-ring (bicyclic) bond motifs is 1. The zero-order valence-corrected chi connectivity index (χ0v) is 11.6. The van der Waals surface area contributed by atoms with Gasteiger partial charge in [-0.05, 0) is 26.2 Å². The Balaban J connectivity index is 2.50. The molecule has 1 aromatic heterocycles. The summed E-state index contributed by atoms with van der Waals surface area (Å²) >= 11 is 0. The zero-order chi connectivity index (χ0) is 14.0. The molecule has 1 aromatic carbocycles. The van der Waals surface area contributed by atoms with Gasteiger partial charge in [0.1, 0.15) is 6.17 Å². The molecular weight excluding hydrogens is 238 g/mol. The van der Waals surface area contributed by atoms with E-state index in [-0.39, 0.29) is 12.1 Å². The lowest BCUT2D eigenvalue weighted by Gasteiger charge is -2.32. The quantitative estimate of drug-likeness (QED) is 0.674. The van der Waals surface area contributed by atoms with Crippen LogP contribution in [0.4, 0.5) is 0 Å². The van der Waals surface area contributed by atoms with E-state index in [0.29, 0.717) is 0 Å². The normalized spacial score (nSPS) is 12.6. The predicted molar refractivity (Wildman–Crippen MR) is 77.7 cm³/mol. The summed E-state index contributed by atoms with van der Waals surface area (Å²) in [5.74, 6) is -0.0935. The van der Waals surface area contributed by atoms with Crippen LogP contribution < -0.4 is 0 Å². The van der Waals surface area contributed by atoms with Crippen molar-refractivity contribution in [1.82, 2.24) is 14.8 Å². The van der Waals surface area contributed by atoms with E-state index in [4.69, 9.17) is 0 Å². The molecule has 0 aliphatic heterocycles. The number of hydrogen-bond donors (Lipinski definition) is 1. The Morgan fingerprint density at radius 1 is 1.32 bits per heavy atom. The number of aromatic nitrogens is 1. The molecule has 1 N–H and O–H groups in total. The van der Waals surface area contributed by atoms with E-state index in [1.807, 2.05) is 43.4 Å². The molecule has 2 rings (SSSR count). The van der Waals surface area contributed by atoms with Gasteiger partial charge in [0.2, 0.25) is 5.91 Å². The van der Waals surface area contributed by atoms with Crippen LogP contribution >= 0.6 is 0 Å². The number of H-pyrrole nitrogens is 1. The van der Waals surface area contributed by atoms with Gasteiger partial charge in [-0.25, -0.2) is 0 Å². The fourth-order valence-corrected chi connectivity index (χ4v) is 2.41. The van der Waals surface area contributed by atoms with Crippen LogP contribution in [0.1, 0.15) is 11.7 Å². The minimum absolute atomic E-state index is 0.0935. The molecule has 1 heterocycles. The molecule has 19 heavy (non-hydrogen) atoms. The van der Waals surface area contributed by atoms with Gasteiger partial charge in [-0.3, -0.25) is 9.69 Å². The molecule has 4 heteroatoms. The number of nitrogens with zero attached hydrogens (tertiary/aromatic N) is 2. The van der Waals surface area contributed by atoms with Crippen LogP contribution in [-0.4, -0.2) is 41.8 Å². The van der Waals surface area contributed by atoms with Gasteiger partial charge in [0.05, 0.1) is 0 Å². The van der Waals surface area contributed by atoms with Crippen molar-refractivity contribution >= 4 is 16.8 Å². The maximum absolute atomic E-state index is 11.9. The first-order valence-corrected chi connectivity index (χ1v) is 6.18. The number of carbonyl (C=O) groups excluding carboxylic acids is 1. The lowest BCUT2D eigenvalue weighted by Crippen LogP contribution is -2.38. The van der Waals surface area contributed by atoms with Crippen LogP contribution in [0.5, 0.6) is 0 Å². The Morgan fingerprint density at radius 3 is 2.63 bits per heavy atom. The zero-order valence-electron chi connectivity index (χ0n) is 11.6. The highest BCUT2D eigenvalue weighted by Gasteiger charge is 2.24. The number of likely N-dealkylation sites (N-methyl/N-ethyl adjacent to an activating group) is 1. The number of benzene rings is 1. The molecule has 0 fully saturated rings. The third-order valence-corrected chi connectivity index (χ3v) is 3.28. The highest BCUT2D eigenvalue weighted by molar-refractivity contribution is 5.88. The van der Waals surface area contributed by atoms with Crippen LogP contribution in [0, 0.1) is 0 Å². The fourth-order valence-electron chi connectivity index (χ4n) is 2.41. The van der Waals surface area contributed by atoms with Crippen molar-refractivity contribution in [3.63, 3.8) is 0 Å². The van der Waals surface area contributed by atoms with Gasteiger partial charge >= 0.3 is 0 Å². The van der Waals surface area contributed by atoms with E-state index < -0.39 is 0 Å². The number of nitrogens with one attached hydrogen (secondary N) is 1. The number of carbonyl (C=O) groups is 1. The minimum atomic E-state index is -0.123. The average Bonchev–Trinajstić information content (AvgIpc) is 2.81. The van der Waals surface area contributed by atoms with Crippen molar-refractivity contribution < 1.29 is 4.79 Å². The molecule has 0 spiro atoms. The molecule has 1 atom stereocenters. The summed E-state index contributed by atoms with van der Waals surface area (Å²) in [5.41, 5.74) is 2.15. The Morgan fingerprint density at radius 2 is 2.00 bits per heavy atom. The molecule has 0 aliphatic carbocycles. The molecule has 2 aromatic rings. The maximum atomic E-state index is 11.9. The van der Waals surface area contributed by atoms with Crippen LogP contribution in [0.25, 0.3) is 10.9 Å². The van der Waals surface area contributed by atoms with Crippen molar-refractivity contribution in [3.05, 3.63) is 48.7 Å². The second kappa shape index (κ2) is 5.28. The SMILES string of the molecule is C=CC(=O)N(C)C(c1c[nH]c2ccccc12)N(C)C. The second-order valence-corrected chi connectivity index (χ2v) is 4.78. The Bertz CT molecular complexity index is 600. The van der Waals surface area contributed by atoms with E-state index >= 15 is 0 Å². The first-order valence-electron chi connectivity index (χ1n) is 6.18. The summed E-state index contributed by atoms with van der Waals surface area (Å²) in [5, 5.41) is 1.13. The highest BCUT2D eigenvalue weighted by Crippen LogP contribution is 2.29. The number of rotatable bonds is 4. The van der Waals surface area contributed by atoms with E-state index in [0.717, 1.165) is 16.5 Å². The van der Waals surface area contributed by atoms with Gasteiger partial charge in [-0.1, -0.05) is 24.8 Å². The third kappa shape index (κ3) is 2.39. The fraction of sp³-hybridized carbons (Fsp3) is 0.267. The van der Waals surface area contributed by atoms with Crippen molar-refractivity contribution in [1.29, 1.82) is 0 Å². The van der Waals surface area contributed by atoms with Gasteiger partial charge in [0.15, 0.2) is 0 Å². The van der Waals surface area contributed by atoms with Crippen molar-refractivity contribution in [3.8, 4) is 0 Å². The van der Waals surface area contributed by atoms with Crippen molar-refractivity contribution in [2.24, 2.45) is 0 Å². The van der Waals surface area contributed by atoms with E-state index in [2.05, 4.69) is 17.6 Å². The topological polar surface area (TPSA) is 39.3 Å². The molecule has 1 amide bonds. The molecule has 0 saturated carbocycles. The number of hydrogen-bond acceptors (Lipinski definition) is 2. The Hall–Kier alpha value is -2.07. The van der Waals surface area contributed by atoms with Crippen LogP contribution in [0.3, 0.4) is 0 Å². The van der Waals surface area contributed by atoms with E-state index in [1.165, 1.54) is 6.08 Å². The van der Waals surface area contributed by atoms with Crippen LogP contribution in [0.2, 0.25) is 0 Å². The standard InChI is InChI=1S/C15H19N3O/c1-5-14(19)18(4)15(17(2)3)12-10-16-13-9-7-6-8-11(12)13/h5-10,15-16H,1H2,2-4H3. The molecule has 4 nitrogen and oxygen atoms in total. The molecular formula is C15H19N3O. The van der Waals surface area contributed by atoms with Gasteiger partial charge < -0.3 is 9.88 Å². The summed E-state index contributed by atoms with van der Waals surface area (Å²) in [6, 6.07) is 8.08. The van der Waals surface area contributed by atoms with Gasteiger partial charge in [-0.2, -0.15) is 0 Å². The summed E-state index contributed by atoms with van der Waals surface area (Å²) in [4.78, 5) is 18.8. The van der Waals surface area contributed by atoms with E-state index in [1.54, 1.807) is 11.9 Å². The van der Waals surface area contributed by atoms with Gasteiger partial charge in [-0.15, -0.1) is 0 Å². The Kier molecular flexibility index (Phi) is 3.71. The molecule has 0 bridgehead atoms. The summed E-state index contributed by atoms with van der Waals surface area (Å²) in [6.07, 6.45) is 3.18. The Labute approximate surface area is 113 Å². The van der Waals surface area contributed by atoms with Crippen LogP contribution in [-0.2, 0) is 4.79 Å². The first-order chi connectivity index (χ1) is 9.06. The van der Waals surface area contributed by atoms with Gasteiger partial charge in [0, 0.05) is 29.7 Å². The number of amides is 1. The molecule has 0 saturated heterocycles. The first kappa shape index (κ1) is 13.4. The third-order valence-electron chi connectivity index (χ3n) is 3.28. The average molecular weight is 257 g/mol. The van der Waals surface area contributed by atoms with Gasteiger partial charge in [0.25, 0.3) is 0 Å². The van der Waals surface area contributed by atoms with Crippen molar-refractivity contribution in [2.45, 2.75) is 6.17 Å². The van der Waals surface area contributed by atoms with E-state index in [9.17, 15) is 4.79 Å². The lowest BCUT2D eigenvalue weighted by molar-refractivity contribution is -0.129. The number of para-hydroxylation sites is 1. The monoisotopic (exact) mass is 257 g/mol. The predicted octanol–water partition coefficient (Wildman–Crippen LogP) is 2.37. The molecule has 1 unspecified atom stereocenters.